The number of hydrogen-bond acceptors (Lipinski definition) is 6. The summed E-state index contributed by atoms with van der Waals surface area (Å²) >= 11 is 1.05. The summed E-state index contributed by atoms with van der Waals surface area (Å²) in [5.74, 6) is -0.519. The Morgan fingerprint density at radius 2 is 2.17 bits per heavy atom. The van der Waals surface area contributed by atoms with Crippen molar-refractivity contribution in [3.8, 4) is 0 Å². The molecular weight excluding hydrogens is 255 g/mol. The Morgan fingerprint density at radius 1 is 1.28 bits per heavy atom. The molecule has 0 aliphatic heterocycles. The molecule has 0 radical (unpaired) electrons. The number of nitrogen functional groups attached to an aromatic ring is 1. The fraction of sp³-hybridized carbons (Fsp3) is 0. The molecule has 3 aromatic heterocycles. The summed E-state index contributed by atoms with van der Waals surface area (Å²) in [7, 11) is 0. The average molecular weight is 262 g/mol. The molecule has 8 heteroatoms. The molecule has 90 valence electrons. The number of pyridine rings is 1. The number of nitrogens with two attached hydrogens (primary N) is 1. The second kappa shape index (κ2) is 4.22. The van der Waals surface area contributed by atoms with Crippen molar-refractivity contribution >= 4 is 23.4 Å². The van der Waals surface area contributed by atoms with E-state index in [2.05, 4.69) is 20.2 Å². The zero-order valence-electron chi connectivity index (χ0n) is 8.99. The van der Waals surface area contributed by atoms with Crippen LogP contribution >= 0.6 is 11.8 Å². The van der Waals surface area contributed by atoms with Crippen LogP contribution in [-0.2, 0) is 0 Å². The molecule has 0 aliphatic rings. The Morgan fingerprint density at radius 3 is 3.06 bits per heavy atom. The van der Waals surface area contributed by atoms with Gasteiger partial charge >= 0.3 is 0 Å². The van der Waals surface area contributed by atoms with E-state index in [4.69, 9.17) is 5.73 Å². The van der Waals surface area contributed by atoms with E-state index < -0.39 is 5.82 Å². The largest absolute Gasteiger partial charge is 0.368 e. The van der Waals surface area contributed by atoms with Gasteiger partial charge in [-0.25, -0.2) is 14.4 Å². The van der Waals surface area contributed by atoms with Crippen LogP contribution < -0.4 is 5.73 Å². The normalized spacial score (nSPS) is 10.9. The Bertz CT molecular complexity index is 712. The monoisotopic (exact) mass is 262 g/mol. The molecule has 0 fully saturated rings. The lowest BCUT2D eigenvalue weighted by atomic mass is 10.5. The van der Waals surface area contributed by atoms with Gasteiger partial charge < -0.3 is 5.73 Å². The van der Waals surface area contributed by atoms with Crippen molar-refractivity contribution in [3.05, 3.63) is 36.4 Å². The quantitative estimate of drug-likeness (QED) is 0.703. The summed E-state index contributed by atoms with van der Waals surface area (Å²) < 4.78 is 15.2. The molecule has 3 rings (SSSR count). The van der Waals surface area contributed by atoms with Gasteiger partial charge in [0.05, 0.1) is 6.20 Å². The highest BCUT2D eigenvalue weighted by molar-refractivity contribution is 7.99. The molecule has 0 bridgehead atoms. The second-order valence-corrected chi connectivity index (χ2v) is 4.35. The van der Waals surface area contributed by atoms with Crippen molar-refractivity contribution in [2.45, 2.75) is 10.2 Å². The number of fused-ring (bicyclic) bond motifs is 1. The van der Waals surface area contributed by atoms with E-state index in [0.717, 1.165) is 18.0 Å². The summed E-state index contributed by atoms with van der Waals surface area (Å²) in [5, 5.41) is 8.57. The van der Waals surface area contributed by atoms with Crippen LogP contribution in [0.1, 0.15) is 0 Å². The van der Waals surface area contributed by atoms with Crippen molar-refractivity contribution in [2.75, 3.05) is 5.73 Å². The van der Waals surface area contributed by atoms with Gasteiger partial charge in [-0.2, -0.15) is 0 Å². The highest BCUT2D eigenvalue weighted by atomic mass is 32.2. The first-order chi connectivity index (χ1) is 8.74. The third-order valence-corrected chi connectivity index (χ3v) is 3.14. The third-order valence-electron chi connectivity index (χ3n) is 2.20. The molecule has 6 nitrogen and oxygen atoms in total. The van der Waals surface area contributed by atoms with E-state index in [-0.39, 0.29) is 11.0 Å². The Kier molecular flexibility index (Phi) is 2.56. The second-order valence-electron chi connectivity index (χ2n) is 3.39. The fourth-order valence-corrected chi connectivity index (χ4v) is 2.21. The van der Waals surface area contributed by atoms with Gasteiger partial charge in [-0.1, -0.05) is 6.07 Å². The fourth-order valence-electron chi connectivity index (χ4n) is 1.41. The molecule has 0 aliphatic carbocycles. The third kappa shape index (κ3) is 1.86. The van der Waals surface area contributed by atoms with Crippen molar-refractivity contribution in [1.82, 2.24) is 24.6 Å². The predicted molar refractivity (Wildman–Crippen MR) is 63.5 cm³/mol. The zero-order chi connectivity index (χ0) is 12.5. The van der Waals surface area contributed by atoms with Crippen LogP contribution in [0.2, 0.25) is 0 Å². The average Bonchev–Trinajstić information content (AvgIpc) is 2.78. The Hall–Kier alpha value is -2.22. The number of aromatic nitrogens is 5. The van der Waals surface area contributed by atoms with Gasteiger partial charge in [0.1, 0.15) is 5.03 Å². The van der Waals surface area contributed by atoms with E-state index >= 15 is 0 Å². The van der Waals surface area contributed by atoms with E-state index in [0.29, 0.717) is 10.8 Å². The number of hydrogen-bond donors (Lipinski definition) is 1. The summed E-state index contributed by atoms with van der Waals surface area (Å²) in [6.45, 7) is 0. The zero-order valence-corrected chi connectivity index (χ0v) is 9.80. The number of rotatable bonds is 2. The molecule has 0 spiro atoms. The summed E-state index contributed by atoms with van der Waals surface area (Å²) in [6.07, 6.45) is 2.83. The minimum absolute atomic E-state index is 0.0210. The first-order valence-corrected chi connectivity index (χ1v) is 5.81. The van der Waals surface area contributed by atoms with E-state index in [9.17, 15) is 4.39 Å². The predicted octanol–water partition coefficient (Wildman–Crippen LogP) is 1.39. The Balaban J connectivity index is 2.04. The number of nitrogens with zero attached hydrogens (tertiary/aromatic N) is 5. The maximum absolute atomic E-state index is 13.5. The summed E-state index contributed by atoms with van der Waals surface area (Å²) in [6, 6.07) is 5.49. The molecular formula is C10H7FN6S. The van der Waals surface area contributed by atoms with Crippen LogP contribution in [0.25, 0.3) is 5.65 Å². The first kappa shape index (κ1) is 10.9. The van der Waals surface area contributed by atoms with Crippen molar-refractivity contribution in [2.24, 2.45) is 0 Å². The van der Waals surface area contributed by atoms with Crippen LogP contribution in [-0.4, -0.2) is 24.6 Å². The first-order valence-electron chi connectivity index (χ1n) is 4.99. The van der Waals surface area contributed by atoms with Crippen molar-refractivity contribution < 1.29 is 4.39 Å². The number of anilines is 1. The lowest BCUT2D eigenvalue weighted by molar-refractivity contribution is 0.580. The molecule has 0 amide bonds. The van der Waals surface area contributed by atoms with Gasteiger partial charge in [-0.3, -0.25) is 4.40 Å². The van der Waals surface area contributed by atoms with E-state index in [1.54, 1.807) is 10.6 Å². The molecule has 2 N–H and O–H groups in total. The summed E-state index contributed by atoms with van der Waals surface area (Å²) in [4.78, 5) is 7.39. The van der Waals surface area contributed by atoms with Crippen molar-refractivity contribution in [1.29, 1.82) is 0 Å². The van der Waals surface area contributed by atoms with Crippen LogP contribution in [0.15, 0.2) is 40.8 Å². The molecule has 18 heavy (non-hydrogen) atoms. The molecule has 0 atom stereocenters. The number of halogens is 1. The summed E-state index contributed by atoms with van der Waals surface area (Å²) in [5.41, 5.74) is 6.11. The Labute approximate surface area is 105 Å². The van der Waals surface area contributed by atoms with E-state index in [1.807, 2.05) is 18.2 Å². The molecule has 0 saturated carbocycles. The molecule has 0 aromatic carbocycles. The maximum atomic E-state index is 13.5. The van der Waals surface area contributed by atoms with Crippen LogP contribution in [0.4, 0.5) is 10.3 Å². The van der Waals surface area contributed by atoms with E-state index in [1.165, 1.54) is 0 Å². The van der Waals surface area contributed by atoms with Gasteiger partial charge in [-0.05, 0) is 23.9 Å². The SMILES string of the molecule is Nc1ncc(F)c(Sc2nnc3ccccn23)n1. The highest BCUT2D eigenvalue weighted by Crippen LogP contribution is 2.26. The van der Waals surface area contributed by atoms with Crippen LogP contribution in [0, 0.1) is 5.82 Å². The standard InChI is InChI=1S/C10H7FN6S/c11-6-5-13-9(12)14-8(6)18-10-16-15-7-3-1-2-4-17(7)10/h1-5H,(H2,12,13,14). The van der Waals surface area contributed by atoms with Crippen molar-refractivity contribution in [3.63, 3.8) is 0 Å². The lowest BCUT2D eigenvalue weighted by Gasteiger charge is -2.01. The molecule has 0 saturated heterocycles. The van der Waals surface area contributed by atoms with Gasteiger partial charge in [0.15, 0.2) is 11.5 Å². The lowest BCUT2D eigenvalue weighted by Crippen LogP contribution is -1.98. The molecule has 0 unspecified atom stereocenters. The topological polar surface area (TPSA) is 82.0 Å². The van der Waals surface area contributed by atoms with Gasteiger partial charge in [0.25, 0.3) is 0 Å². The van der Waals surface area contributed by atoms with Gasteiger partial charge in [0, 0.05) is 6.20 Å². The molecule has 3 aromatic rings. The van der Waals surface area contributed by atoms with Crippen LogP contribution in [0.3, 0.4) is 0 Å². The minimum Gasteiger partial charge on any atom is -0.368 e. The minimum atomic E-state index is -0.540. The van der Waals surface area contributed by atoms with Gasteiger partial charge in [0.2, 0.25) is 11.1 Å². The highest BCUT2D eigenvalue weighted by Gasteiger charge is 2.12. The maximum Gasteiger partial charge on any atom is 0.221 e. The van der Waals surface area contributed by atoms with Gasteiger partial charge in [-0.15, -0.1) is 10.2 Å². The molecule has 3 heterocycles. The van der Waals surface area contributed by atoms with Crippen LogP contribution in [0.5, 0.6) is 0 Å². The smallest absolute Gasteiger partial charge is 0.221 e.